The van der Waals surface area contributed by atoms with Crippen LogP contribution in [0.15, 0.2) is 29.3 Å². The molecule has 0 radical (unpaired) electrons. The van der Waals surface area contributed by atoms with Crippen LogP contribution in [0.25, 0.3) is 11.3 Å². The van der Waals surface area contributed by atoms with Crippen molar-refractivity contribution < 1.29 is 9.13 Å². The number of pyridine rings is 1. The zero-order chi connectivity index (χ0) is 19.8. The van der Waals surface area contributed by atoms with Gasteiger partial charge in [-0.2, -0.15) is 19.6 Å². The number of aromatic amines is 1. The summed E-state index contributed by atoms with van der Waals surface area (Å²) >= 11 is 6.07. The Labute approximate surface area is 164 Å². The standard InChI is InChI=1S/C18H18ClFN6O2/c1-10-7-22-25(2)17(10)11-5-14(20)23-15(6-11)28-12-3-4-26(9-12)13-8-21-24-18(27)16(13)19/h5-8,12H,3-4,9H2,1-2H3,(H,24,27)/t12-/m1/s1. The monoisotopic (exact) mass is 404 g/mol. The highest BCUT2D eigenvalue weighted by Crippen LogP contribution is 2.29. The molecule has 0 saturated carbocycles. The Morgan fingerprint density at radius 3 is 2.93 bits per heavy atom. The van der Waals surface area contributed by atoms with Gasteiger partial charge in [-0.25, -0.2) is 5.10 Å². The lowest BCUT2D eigenvalue weighted by Gasteiger charge is -2.19. The van der Waals surface area contributed by atoms with Crippen LogP contribution in [0.3, 0.4) is 0 Å². The summed E-state index contributed by atoms with van der Waals surface area (Å²) in [7, 11) is 1.80. The second kappa shape index (κ2) is 7.23. The molecule has 3 aromatic heterocycles. The lowest BCUT2D eigenvalue weighted by molar-refractivity contribution is 0.213. The van der Waals surface area contributed by atoms with Crippen molar-refractivity contribution in [2.24, 2.45) is 7.05 Å². The third-order valence-corrected chi connectivity index (χ3v) is 5.08. The Morgan fingerprint density at radius 2 is 2.18 bits per heavy atom. The van der Waals surface area contributed by atoms with Gasteiger partial charge >= 0.3 is 0 Å². The van der Waals surface area contributed by atoms with E-state index in [-0.39, 0.29) is 17.0 Å². The van der Waals surface area contributed by atoms with Gasteiger partial charge in [0.2, 0.25) is 11.8 Å². The smallest absolute Gasteiger partial charge is 0.285 e. The predicted molar refractivity (Wildman–Crippen MR) is 102 cm³/mol. The number of nitrogens with zero attached hydrogens (tertiary/aromatic N) is 5. The summed E-state index contributed by atoms with van der Waals surface area (Å²) < 4.78 is 21.7. The number of anilines is 1. The van der Waals surface area contributed by atoms with Crippen LogP contribution in [0.5, 0.6) is 5.88 Å². The third kappa shape index (κ3) is 3.45. The molecule has 28 heavy (non-hydrogen) atoms. The van der Waals surface area contributed by atoms with Gasteiger partial charge in [-0.15, -0.1) is 0 Å². The van der Waals surface area contributed by atoms with E-state index < -0.39 is 11.5 Å². The maximum atomic E-state index is 14.1. The summed E-state index contributed by atoms with van der Waals surface area (Å²) in [5.41, 5.74) is 2.50. The Hall–Kier alpha value is -2.94. The number of rotatable bonds is 4. The van der Waals surface area contributed by atoms with Gasteiger partial charge in [0, 0.05) is 37.7 Å². The number of halogens is 2. The highest BCUT2D eigenvalue weighted by atomic mass is 35.5. The van der Waals surface area contributed by atoms with Gasteiger partial charge < -0.3 is 9.64 Å². The second-order valence-corrected chi connectivity index (χ2v) is 7.07. The van der Waals surface area contributed by atoms with Crippen LogP contribution in [0.2, 0.25) is 5.02 Å². The fourth-order valence-corrected chi connectivity index (χ4v) is 3.65. The van der Waals surface area contributed by atoms with Gasteiger partial charge in [0.05, 0.1) is 30.3 Å². The molecule has 0 aromatic carbocycles. The Morgan fingerprint density at radius 1 is 1.36 bits per heavy atom. The molecule has 1 N–H and O–H groups in total. The van der Waals surface area contributed by atoms with Crippen molar-refractivity contribution in [2.45, 2.75) is 19.4 Å². The van der Waals surface area contributed by atoms with E-state index >= 15 is 0 Å². The van der Waals surface area contributed by atoms with Gasteiger partial charge in [-0.1, -0.05) is 11.6 Å². The first-order chi connectivity index (χ1) is 13.4. The lowest BCUT2D eigenvalue weighted by atomic mass is 10.1. The number of aromatic nitrogens is 5. The van der Waals surface area contributed by atoms with Crippen LogP contribution < -0.4 is 15.2 Å². The van der Waals surface area contributed by atoms with Crippen LogP contribution in [-0.2, 0) is 7.05 Å². The minimum Gasteiger partial charge on any atom is -0.472 e. The highest BCUT2D eigenvalue weighted by molar-refractivity contribution is 6.33. The Bertz CT molecular complexity index is 1060. The van der Waals surface area contributed by atoms with E-state index in [0.717, 1.165) is 11.3 Å². The molecule has 1 saturated heterocycles. The van der Waals surface area contributed by atoms with Crippen molar-refractivity contribution in [3.8, 4) is 17.1 Å². The van der Waals surface area contributed by atoms with Crippen LogP contribution >= 0.6 is 11.6 Å². The molecule has 1 aliphatic heterocycles. The fourth-order valence-electron chi connectivity index (χ4n) is 3.44. The number of nitrogens with one attached hydrogen (secondary N) is 1. The third-order valence-electron chi connectivity index (χ3n) is 4.72. The molecule has 4 rings (SSSR count). The SMILES string of the molecule is Cc1cnn(C)c1-c1cc(F)nc(O[C@@H]2CCN(c3cn[nH]c(=O)c3Cl)C2)c1. The highest BCUT2D eigenvalue weighted by Gasteiger charge is 2.27. The molecule has 3 aromatic rings. The molecule has 146 valence electrons. The zero-order valence-corrected chi connectivity index (χ0v) is 16.1. The quantitative estimate of drug-likeness (QED) is 0.671. The van der Waals surface area contributed by atoms with Crippen molar-refractivity contribution in [1.82, 2.24) is 25.0 Å². The van der Waals surface area contributed by atoms with Crippen molar-refractivity contribution in [3.63, 3.8) is 0 Å². The van der Waals surface area contributed by atoms with Crippen LogP contribution in [0.4, 0.5) is 10.1 Å². The van der Waals surface area contributed by atoms with Gasteiger partial charge in [0.15, 0.2) is 0 Å². The summed E-state index contributed by atoms with van der Waals surface area (Å²) in [5.74, 6) is -0.414. The average Bonchev–Trinajstić information content (AvgIpc) is 3.23. The van der Waals surface area contributed by atoms with Crippen molar-refractivity contribution in [3.05, 3.63) is 51.4 Å². The molecule has 4 heterocycles. The fraction of sp³-hybridized carbons (Fsp3) is 0.333. The van der Waals surface area contributed by atoms with E-state index in [0.29, 0.717) is 30.8 Å². The largest absolute Gasteiger partial charge is 0.472 e. The molecule has 1 aliphatic rings. The molecule has 0 bridgehead atoms. The first-order valence-electron chi connectivity index (χ1n) is 8.73. The van der Waals surface area contributed by atoms with Crippen LogP contribution in [-0.4, -0.2) is 44.2 Å². The van der Waals surface area contributed by atoms with Crippen molar-refractivity contribution >= 4 is 17.3 Å². The number of hydrogen-bond donors (Lipinski definition) is 1. The normalized spacial score (nSPS) is 16.6. The van der Waals surface area contributed by atoms with E-state index in [1.165, 1.54) is 12.3 Å². The average molecular weight is 405 g/mol. The summed E-state index contributed by atoms with van der Waals surface area (Å²) in [5, 5.41) is 10.4. The topological polar surface area (TPSA) is 88.9 Å². The zero-order valence-electron chi connectivity index (χ0n) is 15.3. The minimum atomic E-state index is -0.621. The van der Waals surface area contributed by atoms with Gasteiger partial charge in [0.1, 0.15) is 11.1 Å². The Balaban J connectivity index is 1.54. The van der Waals surface area contributed by atoms with Gasteiger partial charge in [-0.3, -0.25) is 9.48 Å². The Kier molecular flexibility index (Phi) is 4.76. The first-order valence-corrected chi connectivity index (χ1v) is 9.11. The molecule has 0 aliphatic carbocycles. The molecule has 0 amide bonds. The predicted octanol–water partition coefficient (Wildman–Crippen LogP) is 2.32. The van der Waals surface area contributed by atoms with Gasteiger partial charge in [0.25, 0.3) is 5.56 Å². The van der Waals surface area contributed by atoms with E-state index in [1.807, 2.05) is 11.8 Å². The summed E-state index contributed by atoms with van der Waals surface area (Å²) in [6.07, 6.45) is 3.70. The molecule has 8 nitrogen and oxygen atoms in total. The maximum absolute atomic E-state index is 14.1. The van der Waals surface area contributed by atoms with E-state index in [4.69, 9.17) is 16.3 Å². The molecule has 1 atom stereocenters. The first kappa shape index (κ1) is 18.4. The summed E-state index contributed by atoms with van der Waals surface area (Å²) in [4.78, 5) is 17.4. The molecule has 0 spiro atoms. The maximum Gasteiger partial charge on any atom is 0.285 e. The van der Waals surface area contributed by atoms with Crippen LogP contribution in [0, 0.1) is 12.9 Å². The van der Waals surface area contributed by atoms with Crippen LogP contribution in [0.1, 0.15) is 12.0 Å². The lowest BCUT2D eigenvalue weighted by Crippen LogP contribution is -2.26. The molecular formula is C18H18ClFN6O2. The van der Waals surface area contributed by atoms with Crippen molar-refractivity contribution in [1.29, 1.82) is 0 Å². The van der Waals surface area contributed by atoms with E-state index in [2.05, 4.69) is 20.3 Å². The number of hydrogen-bond acceptors (Lipinski definition) is 6. The number of H-pyrrole nitrogens is 1. The van der Waals surface area contributed by atoms with Gasteiger partial charge in [-0.05, 0) is 12.5 Å². The van der Waals surface area contributed by atoms with Crippen molar-refractivity contribution in [2.75, 3.05) is 18.0 Å². The number of aryl methyl sites for hydroxylation is 2. The molecule has 1 fully saturated rings. The molecule has 0 unspecified atom stereocenters. The van der Waals surface area contributed by atoms with E-state index in [1.54, 1.807) is 24.0 Å². The summed E-state index contributed by atoms with van der Waals surface area (Å²) in [6.45, 7) is 3.04. The second-order valence-electron chi connectivity index (χ2n) is 6.69. The minimum absolute atomic E-state index is 0.0912. The van der Waals surface area contributed by atoms with E-state index in [9.17, 15) is 9.18 Å². The number of ether oxygens (including phenoxy) is 1. The molecular weight excluding hydrogens is 387 g/mol. The summed E-state index contributed by atoms with van der Waals surface area (Å²) in [6, 6.07) is 3.07. The molecule has 10 heteroatoms.